The van der Waals surface area contributed by atoms with Crippen LogP contribution in [0.4, 0.5) is 0 Å². The van der Waals surface area contributed by atoms with Crippen molar-refractivity contribution >= 4 is 169 Å². The van der Waals surface area contributed by atoms with Gasteiger partial charge in [0.15, 0.2) is 0 Å². The first-order chi connectivity index (χ1) is 14.6. The smallest absolute Gasteiger partial charge is 0.423 e. The van der Waals surface area contributed by atoms with Gasteiger partial charge in [-0.25, -0.2) is 0 Å². The van der Waals surface area contributed by atoms with Gasteiger partial charge in [0.2, 0.25) is 0 Å². The summed E-state index contributed by atoms with van der Waals surface area (Å²) in [5.74, 6) is 0. The number of nitrogens with zero attached hydrogens (tertiary/aromatic N) is 1. The first kappa shape index (κ1) is 20.0. The molecule has 0 aliphatic carbocycles. The Morgan fingerprint density at radius 2 is 0.935 bits per heavy atom. The summed E-state index contributed by atoms with van der Waals surface area (Å²) in [5.41, 5.74) is 3.64. The molecule has 0 amide bonds. The molecular formula is C18H2B9NO2S. The van der Waals surface area contributed by atoms with Crippen LogP contribution in [0.3, 0.4) is 0 Å². The highest BCUT2D eigenvalue weighted by Crippen LogP contribution is 2.46. The summed E-state index contributed by atoms with van der Waals surface area (Å²) in [6.07, 6.45) is 0. The molecule has 0 unspecified atom stereocenters. The molecular weight excluding hydrogens is 392 g/mol. The van der Waals surface area contributed by atoms with Crippen molar-refractivity contribution in [1.29, 1.82) is 0 Å². The van der Waals surface area contributed by atoms with Crippen LogP contribution >= 0.6 is 11.8 Å². The lowest BCUT2D eigenvalue weighted by atomic mass is 9.63. The van der Waals surface area contributed by atoms with Crippen molar-refractivity contribution in [2.45, 2.75) is 9.79 Å². The predicted octanol–water partition coefficient (Wildman–Crippen LogP) is -6.67. The zero-order valence-electron chi connectivity index (χ0n) is 15.9. The SMILES string of the molecule is [B]c1c([B])c2c3c(c1[B])c1c([B])c([B])c([B])c4c5c([B])c(B(O)O)c([B])c(c5n3c14)S2. The van der Waals surface area contributed by atoms with Gasteiger partial charge in [-0.15, -0.1) is 10.9 Å². The van der Waals surface area contributed by atoms with E-state index >= 15 is 0 Å². The number of hydrogen-bond donors (Lipinski definition) is 2. The zero-order chi connectivity index (χ0) is 22.3. The lowest BCUT2D eigenvalue weighted by Crippen LogP contribution is -2.52. The van der Waals surface area contributed by atoms with Crippen LogP contribution < -0.4 is 49.2 Å². The van der Waals surface area contributed by atoms with E-state index in [1.54, 1.807) is 0 Å². The van der Waals surface area contributed by atoms with Gasteiger partial charge in [0.05, 0.1) is 16.6 Å². The second-order valence-corrected chi connectivity index (χ2v) is 8.76. The Balaban J connectivity index is 2.12. The first-order valence-electron chi connectivity index (χ1n) is 9.19. The van der Waals surface area contributed by atoms with Crippen LogP contribution in [0.2, 0.25) is 0 Å². The topological polar surface area (TPSA) is 44.9 Å². The highest BCUT2D eigenvalue weighted by atomic mass is 32.2. The van der Waals surface area contributed by atoms with Crippen LogP contribution in [0.15, 0.2) is 9.79 Å². The van der Waals surface area contributed by atoms with Crippen LogP contribution in [0.1, 0.15) is 0 Å². The molecule has 13 heteroatoms. The minimum Gasteiger partial charge on any atom is -0.423 e. The van der Waals surface area contributed by atoms with Gasteiger partial charge < -0.3 is 14.4 Å². The van der Waals surface area contributed by atoms with Gasteiger partial charge >= 0.3 is 7.12 Å². The molecule has 16 radical (unpaired) electrons. The van der Waals surface area contributed by atoms with Gasteiger partial charge in [0, 0.05) is 31.3 Å². The molecule has 3 nitrogen and oxygen atoms in total. The zero-order valence-corrected chi connectivity index (χ0v) is 16.8. The maximum absolute atomic E-state index is 10.0. The largest absolute Gasteiger partial charge is 0.487 e. The van der Waals surface area contributed by atoms with E-state index in [4.69, 9.17) is 62.8 Å². The van der Waals surface area contributed by atoms with Crippen molar-refractivity contribution in [3.05, 3.63) is 0 Å². The molecule has 6 rings (SSSR count). The molecule has 1 aliphatic rings. The van der Waals surface area contributed by atoms with E-state index in [1.165, 1.54) is 11.8 Å². The Morgan fingerprint density at radius 1 is 0.516 bits per heavy atom. The van der Waals surface area contributed by atoms with Crippen LogP contribution in [-0.2, 0) is 0 Å². The van der Waals surface area contributed by atoms with Crippen molar-refractivity contribution in [2.24, 2.45) is 0 Å². The number of fused-ring (bicyclic) bond motifs is 2. The number of rotatable bonds is 1. The number of benzene rings is 3. The van der Waals surface area contributed by atoms with Gasteiger partial charge in [0.25, 0.3) is 0 Å². The van der Waals surface area contributed by atoms with Crippen molar-refractivity contribution in [1.82, 2.24) is 4.40 Å². The molecule has 5 aromatic rings. The average molecular weight is 394 g/mol. The highest BCUT2D eigenvalue weighted by Gasteiger charge is 2.33. The molecule has 3 aromatic carbocycles. The molecule has 0 atom stereocenters. The average Bonchev–Trinajstić information content (AvgIpc) is 3.25. The molecule has 1 aliphatic heterocycles. The Bertz CT molecular complexity index is 1680. The van der Waals surface area contributed by atoms with Crippen molar-refractivity contribution in [3.8, 4) is 0 Å². The molecule has 0 bridgehead atoms. The first-order valence-corrected chi connectivity index (χ1v) is 10.0. The molecule has 3 heterocycles. The third-order valence-corrected chi connectivity index (χ3v) is 7.55. The van der Waals surface area contributed by atoms with E-state index in [0.717, 1.165) is 0 Å². The van der Waals surface area contributed by atoms with Crippen molar-refractivity contribution in [2.75, 3.05) is 0 Å². The molecule has 2 aromatic heterocycles. The number of hydrogen-bond acceptors (Lipinski definition) is 3. The normalized spacial score (nSPS) is 13.1. The van der Waals surface area contributed by atoms with Crippen LogP contribution in [0.5, 0.6) is 0 Å². The van der Waals surface area contributed by atoms with Crippen molar-refractivity contribution in [3.63, 3.8) is 0 Å². The summed E-state index contributed by atoms with van der Waals surface area (Å²) in [6, 6.07) is 0. The monoisotopic (exact) mass is 395 g/mol. The van der Waals surface area contributed by atoms with Gasteiger partial charge in [-0.05, 0) is 5.46 Å². The van der Waals surface area contributed by atoms with Gasteiger partial charge in [-0.3, -0.25) is 0 Å². The molecule has 31 heavy (non-hydrogen) atoms. The second-order valence-electron chi connectivity index (χ2n) is 7.74. The Labute approximate surface area is 192 Å². The maximum Gasteiger partial charge on any atom is 0.487 e. The van der Waals surface area contributed by atoms with Gasteiger partial charge in [0.1, 0.15) is 62.8 Å². The van der Waals surface area contributed by atoms with Gasteiger partial charge in [-0.1, -0.05) is 44.5 Å². The Morgan fingerprint density at radius 3 is 1.45 bits per heavy atom. The Kier molecular flexibility index (Phi) is 3.87. The lowest BCUT2D eigenvalue weighted by Gasteiger charge is -2.24. The fourth-order valence-corrected chi connectivity index (χ4v) is 6.14. The molecule has 2 N–H and O–H groups in total. The van der Waals surface area contributed by atoms with E-state index in [0.29, 0.717) is 47.9 Å². The molecule has 0 saturated carbocycles. The number of aromatic nitrogens is 1. The fourth-order valence-electron chi connectivity index (χ4n) is 4.92. The van der Waals surface area contributed by atoms with Crippen LogP contribution in [-0.4, -0.2) is 84.3 Å². The molecule has 0 fully saturated rings. The third-order valence-electron chi connectivity index (χ3n) is 6.32. The molecule has 0 saturated heterocycles. The highest BCUT2D eigenvalue weighted by molar-refractivity contribution is 8.00. The van der Waals surface area contributed by atoms with E-state index in [1.807, 2.05) is 4.40 Å². The molecule has 0 spiro atoms. The summed E-state index contributed by atoms with van der Waals surface area (Å²) in [7, 11) is 48.9. The summed E-state index contributed by atoms with van der Waals surface area (Å²) in [4.78, 5) is 1.16. The van der Waals surface area contributed by atoms with Crippen molar-refractivity contribution < 1.29 is 10.0 Å². The second kappa shape index (κ2) is 6.00. The predicted molar refractivity (Wildman–Crippen MR) is 138 cm³/mol. The summed E-state index contributed by atoms with van der Waals surface area (Å²) in [5, 5.41) is 22.3. The Hall–Kier alpha value is -1.69. The van der Waals surface area contributed by atoms with E-state index in [9.17, 15) is 10.0 Å². The third kappa shape index (κ3) is 2.03. The maximum atomic E-state index is 10.0. The fraction of sp³-hybridized carbons (Fsp3) is 0. The van der Waals surface area contributed by atoms with E-state index in [2.05, 4.69) is 0 Å². The van der Waals surface area contributed by atoms with Crippen LogP contribution in [0, 0.1) is 0 Å². The minimum atomic E-state index is -1.90. The lowest BCUT2D eigenvalue weighted by molar-refractivity contribution is 0.426. The van der Waals surface area contributed by atoms with E-state index < -0.39 is 7.12 Å². The summed E-state index contributed by atoms with van der Waals surface area (Å²) >= 11 is 1.26. The standard InChI is InChI=1S/C18H2B9NO2S/c19-5-1-3-7(21)10(24)11(25)17-15(3)28-14(1)2(6(20)9(5)23)4-8(22)13(27(29)30)12(26)18(31-17)16(4)28/h29-30H. The summed E-state index contributed by atoms with van der Waals surface area (Å²) in [6.45, 7) is 0. The quantitative estimate of drug-likeness (QED) is 0.273. The van der Waals surface area contributed by atoms with Crippen LogP contribution in [0.25, 0.3) is 38.1 Å². The summed E-state index contributed by atoms with van der Waals surface area (Å²) < 4.78 is 1.91. The minimum absolute atomic E-state index is 0.0170. The van der Waals surface area contributed by atoms with E-state index in [-0.39, 0.29) is 49.2 Å². The van der Waals surface area contributed by atoms with Gasteiger partial charge in [-0.2, -0.15) is 0 Å². The molecule has 124 valence electrons.